The lowest BCUT2D eigenvalue weighted by atomic mass is 10.1. The Kier molecular flexibility index (Phi) is 5.45. The molecular formula is C17H20FN5O3. The lowest BCUT2D eigenvalue weighted by Crippen LogP contribution is -2.25. The number of halogens is 1. The average molecular weight is 361 g/mol. The maximum Gasteiger partial charge on any atom is 0.273 e. The minimum absolute atomic E-state index is 0.157. The largest absolute Gasteiger partial charge is 0.489 e. The smallest absolute Gasteiger partial charge is 0.273 e. The minimum Gasteiger partial charge on any atom is -0.489 e. The van der Waals surface area contributed by atoms with E-state index in [0.29, 0.717) is 17.8 Å². The van der Waals surface area contributed by atoms with Crippen LogP contribution in [0.15, 0.2) is 24.4 Å². The molecule has 2 N–H and O–H groups in total. The fraction of sp³-hybridized carbons (Fsp3) is 0.412. The zero-order valence-electron chi connectivity index (χ0n) is 14.4. The van der Waals surface area contributed by atoms with Gasteiger partial charge in [0, 0.05) is 18.2 Å². The molecule has 138 valence electrons. The van der Waals surface area contributed by atoms with Crippen molar-refractivity contribution in [1.82, 2.24) is 25.6 Å². The van der Waals surface area contributed by atoms with Crippen molar-refractivity contribution in [1.29, 1.82) is 0 Å². The van der Waals surface area contributed by atoms with Crippen LogP contribution in [-0.4, -0.2) is 52.7 Å². The van der Waals surface area contributed by atoms with Gasteiger partial charge < -0.3 is 15.4 Å². The van der Waals surface area contributed by atoms with Crippen molar-refractivity contribution in [2.75, 3.05) is 19.8 Å². The monoisotopic (exact) mass is 361 g/mol. The summed E-state index contributed by atoms with van der Waals surface area (Å²) < 4.78 is 19.3. The second-order valence-electron chi connectivity index (χ2n) is 5.88. The van der Waals surface area contributed by atoms with E-state index >= 15 is 0 Å². The van der Waals surface area contributed by atoms with E-state index in [2.05, 4.69) is 20.9 Å². The third-order valence-electron chi connectivity index (χ3n) is 3.78. The third-order valence-corrected chi connectivity index (χ3v) is 3.78. The van der Waals surface area contributed by atoms with Gasteiger partial charge in [-0.3, -0.25) is 9.59 Å². The van der Waals surface area contributed by atoms with Gasteiger partial charge in [-0.15, -0.1) is 5.10 Å². The number of rotatable bonds is 8. The summed E-state index contributed by atoms with van der Waals surface area (Å²) in [6.45, 7) is 1.48. The van der Waals surface area contributed by atoms with Crippen molar-refractivity contribution in [3.63, 3.8) is 0 Å². The van der Waals surface area contributed by atoms with E-state index in [4.69, 9.17) is 4.74 Å². The van der Waals surface area contributed by atoms with Crippen LogP contribution in [0.2, 0.25) is 0 Å². The zero-order chi connectivity index (χ0) is 18.5. The number of nitrogens with one attached hydrogen (secondary N) is 2. The number of carbonyl (C=O) groups excluding carboxylic acids is 2. The standard InChI is InChI=1S/C17H20FN5O3/c1-2-19-16(24)11-3-6-14(15(9-11)26-8-7-18)23-10-13(21-22-23)17(25)20-12-4-5-12/h3,6,9-10,12H,2,4-5,7-8H2,1H3,(H,19,24)(H,20,25). The number of hydrogen-bond donors (Lipinski definition) is 2. The molecule has 0 bridgehead atoms. The van der Waals surface area contributed by atoms with Gasteiger partial charge in [-0.25, -0.2) is 9.07 Å². The molecule has 2 aromatic rings. The second kappa shape index (κ2) is 7.94. The molecule has 26 heavy (non-hydrogen) atoms. The number of carbonyl (C=O) groups is 2. The van der Waals surface area contributed by atoms with E-state index in [-0.39, 0.29) is 35.9 Å². The first-order valence-electron chi connectivity index (χ1n) is 8.47. The Morgan fingerprint density at radius 1 is 1.35 bits per heavy atom. The highest BCUT2D eigenvalue weighted by Gasteiger charge is 2.25. The van der Waals surface area contributed by atoms with Crippen LogP contribution >= 0.6 is 0 Å². The van der Waals surface area contributed by atoms with Crippen molar-refractivity contribution in [2.24, 2.45) is 0 Å². The van der Waals surface area contributed by atoms with Crippen molar-refractivity contribution in [2.45, 2.75) is 25.8 Å². The first kappa shape index (κ1) is 17.8. The van der Waals surface area contributed by atoms with Crippen LogP contribution in [0.1, 0.15) is 40.6 Å². The Morgan fingerprint density at radius 3 is 2.85 bits per heavy atom. The highest BCUT2D eigenvalue weighted by Crippen LogP contribution is 2.25. The molecule has 0 aliphatic heterocycles. The van der Waals surface area contributed by atoms with Gasteiger partial charge in [-0.2, -0.15) is 0 Å². The molecule has 1 aromatic carbocycles. The summed E-state index contributed by atoms with van der Waals surface area (Å²) in [6.07, 6.45) is 3.42. The minimum atomic E-state index is -0.669. The summed E-state index contributed by atoms with van der Waals surface area (Å²) in [5.74, 6) is -0.262. The Hall–Kier alpha value is -2.97. The maximum absolute atomic E-state index is 12.5. The molecule has 0 atom stereocenters. The van der Waals surface area contributed by atoms with Gasteiger partial charge in [0.05, 0.1) is 6.20 Å². The van der Waals surface area contributed by atoms with E-state index in [0.717, 1.165) is 12.8 Å². The van der Waals surface area contributed by atoms with Gasteiger partial charge in [0.15, 0.2) is 5.69 Å². The molecule has 1 aliphatic carbocycles. The molecule has 9 heteroatoms. The highest BCUT2D eigenvalue weighted by atomic mass is 19.1. The van der Waals surface area contributed by atoms with Gasteiger partial charge in [-0.05, 0) is 38.0 Å². The quantitative estimate of drug-likeness (QED) is 0.738. The summed E-state index contributed by atoms with van der Waals surface area (Å²) in [7, 11) is 0. The molecule has 2 amide bonds. The van der Waals surface area contributed by atoms with E-state index in [1.54, 1.807) is 12.1 Å². The molecule has 0 radical (unpaired) electrons. The maximum atomic E-state index is 12.5. The Bertz CT molecular complexity index is 803. The number of hydrogen-bond acceptors (Lipinski definition) is 5. The molecule has 1 saturated carbocycles. The molecule has 0 unspecified atom stereocenters. The number of ether oxygens (including phenoxy) is 1. The predicted molar refractivity (Wildman–Crippen MR) is 91.3 cm³/mol. The number of aromatic nitrogens is 3. The van der Waals surface area contributed by atoms with Gasteiger partial charge in [0.25, 0.3) is 11.8 Å². The molecule has 0 spiro atoms. The summed E-state index contributed by atoms with van der Waals surface area (Å²) in [5.41, 5.74) is 1.03. The highest BCUT2D eigenvalue weighted by molar-refractivity contribution is 5.95. The van der Waals surface area contributed by atoms with Gasteiger partial charge >= 0.3 is 0 Å². The van der Waals surface area contributed by atoms with Crippen LogP contribution < -0.4 is 15.4 Å². The fourth-order valence-electron chi connectivity index (χ4n) is 2.34. The number of benzene rings is 1. The normalized spacial score (nSPS) is 13.3. The summed E-state index contributed by atoms with van der Waals surface area (Å²) in [5, 5.41) is 13.3. The lowest BCUT2D eigenvalue weighted by molar-refractivity contribution is 0.0941. The van der Waals surface area contributed by atoms with Crippen LogP contribution in [0.4, 0.5) is 4.39 Å². The zero-order valence-corrected chi connectivity index (χ0v) is 14.4. The van der Waals surface area contributed by atoms with Crippen molar-refractivity contribution >= 4 is 11.8 Å². The van der Waals surface area contributed by atoms with Crippen molar-refractivity contribution < 1.29 is 18.7 Å². The number of alkyl halides is 1. The van der Waals surface area contributed by atoms with E-state index in [1.807, 2.05) is 6.92 Å². The van der Waals surface area contributed by atoms with Crippen LogP contribution in [0, 0.1) is 0 Å². The molecule has 1 aromatic heterocycles. The van der Waals surface area contributed by atoms with E-state index in [9.17, 15) is 14.0 Å². The lowest BCUT2D eigenvalue weighted by Gasteiger charge is -2.12. The Balaban J connectivity index is 1.86. The van der Waals surface area contributed by atoms with Crippen LogP contribution in [0.25, 0.3) is 5.69 Å². The topological polar surface area (TPSA) is 98.1 Å². The van der Waals surface area contributed by atoms with Crippen LogP contribution in [-0.2, 0) is 0 Å². The van der Waals surface area contributed by atoms with E-state index in [1.165, 1.54) is 16.9 Å². The van der Waals surface area contributed by atoms with Crippen molar-refractivity contribution in [3.05, 3.63) is 35.7 Å². The number of nitrogens with zero attached hydrogens (tertiary/aromatic N) is 3. The Morgan fingerprint density at radius 2 is 2.15 bits per heavy atom. The molecule has 8 nitrogen and oxygen atoms in total. The summed E-state index contributed by atoms with van der Waals surface area (Å²) in [4.78, 5) is 24.0. The molecule has 3 rings (SSSR count). The van der Waals surface area contributed by atoms with Gasteiger partial charge in [0.1, 0.15) is 24.7 Å². The number of amides is 2. The first-order valence-corrected chi connectivity index (χ1v) is 8.47. The van der Waals surface area contributed by atoms with Crippen LogP contribution in [0.3, 0.4) is 0 Å². The van der Waals surface area contributed by atoms with Gasteiger partial charge in [-0.1, -0.05) is 5.21 Å². The molecule has 1 heterocycles. The van der Waals surface area contributed by atoms with Crippen molar-refractivity contribution in [3.8, 4) is 11.4 Å². The van der Waals surface area contributed by atoms with Gasteiger partial charge in [0.2, 0.25) is 0 Å². The average Bonchev–Trinajstić information content (AvgIpc) is 3.32. The summed E-state index contributed by atoms with van der Waals surface area (Å²) in [6, 6.07) is 4.96. The third kappa shape index (κ3) is 4.16. The molecular weight excluding hydrogens is 341 g/mol. The van der Waals surface area contributed by atoms with Crippen LogP contribution in [0.5, 0.6) is 5.75 Å². The predicted octanol–water partition coefficient (Wildman–Crippen LogP) is 1.26. The SMILES string of the molecule is CCNC(=O)c1ccc(-n2cc(C(=O)NC3CC3)nn2)c(OCCF)c1. The Labute approximate surface area is 149 Å². The second-order valence-corrected chi connectivity index (χ2v) is 5.88. The van der Waals surface area contributed by atoms with E-state index < -0.39 is 6.67 Å². The fourth-order valence-corrected chi connectivity index (χ4v) is 2.34. The molecule has 1 aliphatic rings. The molecule has 1 fully saturated rings. The molecule has 0 saturated heterocycles. The summed E-state index contributed by atoms with van der Waals surface area (Å²) >= 11 is 0. The first-order chi connectivity index (χ1) is 12.6.